The Balaban J connectivity index is 1.57. The third-order valence-electron chi connectivity index (χ3n) is 4.23. The summed E-state index contributed by atoms with van der Waals surface area (Å²) in [6.07, 6.45) is 7.73. The number of unbranched alkanes of at least 4 members (excludes halogenated alkanes) is 2. The van der Waals surface area contributed by atoms with Crippen molar-refractivity contribution in [2.45, 2.75) is 38.5 Å². The molecule has 0 bridgehead atoms. The quantitative estimate of drug-likeness (QED) is 0.439. The van der Waals surface area contributed by atoms with Crippen molar-refractivity contribution in [1.29, 1.82) is 0 Å². The number of hydrogen-bond acceptors (Lipinski definition) is 3. The number of likely N-dealkylation sites (tertiary alicyclic amines) is 1. The average Bonchev–Trinajstić information content (AvgIpc) is 2.59. The minimum Gasteiger partial charge on any atom is -0.497 e. The minimum atomic E-state index is 0.478. The maximum atomic E-state index is 5.91. The van der Waals surface area contributed by atoms with E-state index in [1.165, 1.54) is 51.7 Å². The van der Waals surface area contributed by atoms with Gasteiger partial charge in [-0.15, -0.1) is 0 Å². The van der Waals surface area contributed by atoms with E-state index in [1.807, 2.05) is 24.3 Å². The monoisotopic (exact) mass is 318 g/mol. The first kappa shape index (κ1) is 17.6. The number of hydrogen-bond donors (Lipinski definition) is 2. The lowest BCUT2D eigenvalue weighted by Gasteiger charge is -2.26. The van der Waals surface area contributed by atoms with Crippen LogP contribution in [0, 0.1) is 0 Å². The van der Waals surface area contributed by atoms with E-state index in [4.69, 9.17) is 10.5 Å². The molecule has 0 amide bonds. The van der Waals surface area contributed by atoms with Crippen LogP contribution in [0.3, 0.4) is 0 Å². The zero-order valence-electron chi connectivity index (χ0n) is 14.3. The van der Waals surface area contributed by atoms with Crippen LogP contribution in [0.4, 0.5) is 5.69 Å². The Morgan fingerprint density at radius 2 is 1.87 bits per heavy atom. The van der Waals surface area contributed by atoms with Crippen LogP contribution in [-0.4, -0.2) is 44.1 Å². The molecule has 128 valence electrons. The Kier molecular flexibility index (Phi) is 7.73. The fraction of sp³-hybridized carbons (Fsp3) is 0.611. The number of nitrogens with zero attached hydrogens (tertiary/aromatic N) is 2. The molecule has 1 saturated heterocycles. The van der Waals surface area contributed by atoms with Gasteiger partial charge in [0, 0.05) is 12.2 Å². The number of aliphatic imine (C=N–C) groups is 1. The van der Waals surface area contributed by atoms with E-state index in [0.717, 1.165) is 24.4 Å². The molecule has 0 saturated carbocycles. The van der Waals surface area contributed by atoms with Crippen LogP contribution in [0.2, 0.25) is 0 Å². The third-order valence-corrected chi connectivity index (χ3v) is 4.23. The standard InChI is InChI=1S/C18H30N4O/c1-23-17-10-8-16(9-11-17)21-18(19)20-12-4-2-5-13-22-14-6-3-7-15-22/h8-11H,2-7,12-15H2,1H3,(H3,19,20,21). The van der Waals surface area contributed by atoms with Gasteiger partial charge in [0.05, 0.1) is 7.11 Å². The van der Waals surface area contributed by atoms with Gasteiger partial charge in [0.25, 0.3) is 0 Å². The van der Waals surface area contributed by atoms with Crippen LogP contribution in [0.15, 0.2) is 29.3 Å². The predicted octanol–water partition coefficient (Wildman–Crippen LogP) is 3.08. The molecule has 1 aliphatic heterocycles. The maximum Gasteiger partial charge on any atom is 0.193 e. The van der Waals surface area contributed by atoms with Crippen LogP contribution in [0.1, 0.15) is 38.5 Å². The number of rotatable bonds is 8. The number of ether oxygens (including phenoxy) is 1. The number of nitrogens with two attached hydrogens (primary N) is 1. The van der Waals surface area contributed by atoms with Gasteiger partial charge in [-0.05, 0) is 69.6 Å². The van der Waals surface area contributed by atoms with Crippen LogP contribution >= 0.6 is 0 Å². The Morgan fingerprint density at radius 1 is 1.13 bits per heavy atom. The molecule has 1 fully saturated rings. The van der Waals surface area contributed by atoms with E-state index in [9.17, 15) is 0 Å². The summed E-state index contributed by atoms with van der Waals surface area (Å²) in [6.45, 7) is 4.60. The van der Waals surface area contributed by atoms with Gasteiger partial charge in [-0.1, -0.05) is 12.8 Å². The Bertz CT molecular complexity index is 466. The van der Waals surface area contributed by atoms with Gasteiger partial charge in [0.15, 0.2) is 5.96 Å². The molecule has 0 aliphatic carbocycles. The molecule has 1 aliphatic rings. The van der Waals surface area contributed by atoms with Crippen molar-refractivity contribution in [3.63, 3.8) is 0 Å². The molecule has 5 heteroatoms. The van der Waals surface area contributed by atoms with Gasteiger partial charge >= 0.3 is 0 Å². The van der Waals surface area contributed by atoms with Crippen LogP contribution in [0.5, 0.6) is 5.75 Å². The molecule has 1 aromatic rings. The SMILES string of the molecule is COc1ccc(NC(N)=NCCCCCN2CCCCC2)cc1. The van der Waals surface area contributed by atoms with Gasteiger partial charge in [-0.3, -0.25) is 4.99 Å². The summed E-state index contributed by atoms with van der Waals surface area (Å²) in [5.41, 5.74) is 6.84. The van der Waals surface area contributed by atoms with Crippen molar-refractivity contribution in [2.24, 2.45) is 10.7 Å². The number of guanidine groups is 1. The lowest BCUT2D eigenvalue weighted by Crippen LogP contribution is -2.30. The molecular formula is C18H30N4O. The number of piperidine rings is 1. The van der Waals surface area contributed by atoms with E-state index >= 15 is 0 Å². The van der Waals surface area contributed by atoms with E-state index < -0.39 is 0 Å². The van der Waals surface area contributed by atoms with E-state index in [1.54, 1.807) is 7.11 Å². The second-order valence-electron chi connectivity index (χ2n) is 6.08. The molecule has 3 N–H and O–H groups in total. The Morgan fingerprint density at radius 3 is 2.57 bits per heavy atom. The Hall–Kier alpha value is -1.75. The van der Waals surface area contributed by atoms with E-state index in [-0.39, 0.29) is 0 Å². The maximum absolute atomic E-state index is 5.91. The molecule has 0 radical (unpaired) electrons. The zero-order chi connectivity index (χ0) is 16.3. The van der Waals surface area contributed by atoms with Gasteiger partial charge in [-0.2, -0.15) is 0 Å². The number of anilines is 1. The summed E-state index contributed by atoms with van der Waals surface area (Å²) >= 11 is 0. The molecule has 23 heavy (non-hydrogen) atoms. The first-order chi connectivity index (χ1) is 11.3. The normalized spacial score (nSPS) is 16.3. The summed E-state index contributed by atoms with van der Waals surface area (Å²) in [5.74, 6) is 1.31. The van der Waals surface area contributed by atoms with Crippen molar-refractivity contribution in [2.75, 3.05) is 38.6 Å². The molecule has 1 heterocycles. The number of nitrogens with one attached hydrogen (secondary N) is 1. The van der Waals surface area contributed by atoms with Crippen LogP contribution in [-0.2, 0) is 0 Å². The Labute approximate surface area is 139 Å². The van der Waals surface area contributed by atoms with E-state index in [2.05, 4.69) is 15.2 Å². The lowest BCUT2D eigenvalue weighted by molar-refractivity contribution is 0.224. The van der Waals surface area contributed by atoms with E-state index in [0.29, 0.717) is 5.96 Å². The van der Waals surface area contributed by atoms with Crippen molar-refractivity contribution >= 4 is 11.6 Å². The minimum absolute atomic E-state index is 0.478. The first-order valence-electron chi connectivity index (χ1n) is 8.71. The van der Waals surface area contributed by atoms with Crippen LogP contribution < -0.4 is 15.8 Å². The lowest BCUT2D eigenvalue weighted by atomic mass is 10.1. The second kappa shape index (κ2) is 10.1. The predicted molar refractivity (Wildman–Crippen MR) is 97.2 cm³/mol. The number of methoxy groups -OCH3 is 1. The summed E-state index contributed by atoms with van der Waals surface area (Å²) in [7, 11) is 1.66. The molecule has 0 aromatic heterocycles. The fourth-order valence-corrected chi connectivity index (χ4v) is 2.87. The summed E-state index contributed by atoms with van der Waals surface area (Å²) in [4.78, 5) is 6.97. The highest BCUT2D eigenvalue weighted by Crippen LogP contribution is 2.14. The topological polar surface area (TPSA) is 62.9 Å². The van der Waals surface area contributed by atoms with Gasteiger partial charge in [-0.25, -0.2) is 0 Å². The van der Waals surface area contributed by atoms with Gasteiger partial charge < -0.3 is 20.7 Å². The molecule has 1 aromatic carbocycles. The first-order valence-corrected chi connectivity index (χ1v) is 8.71. The largest absolute Gasteiger partial charge is 0.497 e. The highest BCUT2D eigenvalue weighted by molar-refractivity contribution is 5.92. The van der Waals surface area contributed by atoms with Crippen molar-refractivity contribution in [3.8, 4) is 5.75 Å². The zero-order valence-corrected chi connectivity index (χ0v) is 14.3. The molecule has 0 spiro atoms. The van der Waals surface area contributed by atoms with Crippen LogP contribution in [0.25, 0.3) is 0 Å². The molecule has 5 nitrogen and oxygen atoms in total. The van der Waals surface area contributed by atoms with Crippen molar-refractivity contribution < 1.29 is 4.74 Å². The summed E-state index contributed by atoms with van der Waals surface area (Å²) in [6, 6.07) is 7.66. The second-order valence-corrected chi connectivity index (χ2v) is 6.08. The highest BCUT2D eigenvalue weighted by atomic mass is 16.5. The number of benzene rings is 1. The van der Waals surface area contributed by atoms with Gasteiger partial charge in [0.2, 0.25) is 0 Å². The summed E-state index contributed by atoms with van der Waals surface area (Å²) in [5, 5.41) is 3.10. The molecule has 0 unspecified atom stereocenters. The molecular weight excluding hydrogens is 288 g/mol. The van der Waals surface area contributed by atoms with Crippen molar-refractivity contribution in [1.82, 2.24) is 4.90 Å². The third kappa shape index (κ3) is 6.91. The smallest absolute Gasteiger partial charge is 0.193 e. The van der Waals surface area contributed by atoms with Crippen molar-refractivity contribution in [3.05, 3.63) is 24.3 Å². The highest BCUT2D eigenvalue weighted by Gasteiger charge is 2.08. The summed E-state index contributed by atoms with van der Waals surface area (Å²) < 4.78 is 5.13. The fourth-order valence-electron chi connectivity index (χ4n) is 2.87. The molecule has 0 atom stereocenters. The molecule has 2 rings (SSSR count). The average molecular weight is 318 g/mol. The van der Waals surface area contributed by atoms with Gasteiger partial charge in [0.1, 0.15) is 5.75 Å².